The fourth-order valence-electron chi connectivity index (χ4n) is 3.34. The average Bonchev–Trinajstić information content (AvgIpc) is 2.65. The van der Waals surface area contributed by atoms with Crippen LogP contribution in [0.25, 0.3) is 0 Å². The molecule has 2 rings (SSSR count). The molecule has 1 atom stereocenters. The fourth-order valence-corrected chi connectivity index (χ4v) is 3.34. The van der Waals surface area contributed by atoms with Gasteiger partial charge in [-0.2, -0.15) is 0 Å². The largest absolute Gasteiger partial charge is 0.484 e. The van der Waals surface area contributed by atoms with Crippen LogP contribution in [0.5, 0.6) is 5.75 Å². The maximum absolute atomic E-state index is 13.0. The molecule has 1 unspecified atom stereocenters. The van der Waals surface area contributed by atoms with E-state index in [4.69, 9.17) is 4.74 Å². The first-order valence-electron chi connectivity index (χ1n) is 9.61. The lowest BCUT2D eigenvalue weighted by Gasteiger charge is -2.30. The van der Waals surface area contributed by atoms with E-state index in [1.165, 1.54) is 0 Å². The van der Waals surface area contributed by atoms with Gasteiger partial charge in [-0.3, -0.25) is 9.59 Å². The summed E-state index contributed by atoms with van der Waals surface area (Å²) in [5.41, 5.74) is 4.26. The molecular formula is C23H30N2O3. The fraction of sp³-hybridized carbons (Fsp3) is 0.391. The summed E-state index contributed by atoms with van der Waals surface area (Å²) in [6.45, 7) is 8.15. The molecule has 0 aliphatic heterocycles. The average molecular weight is 383 g/mol. The molecule has 0 bridgehead atoms. The molecule has 0 aliphatic rings. The minimum absolute atomic E-state index is 0.109. The van der Waals surface area contributed by atoms with Crippen LogP contribution in [-0.4, -0.2) is 36.4 Å². The standard InChI is InChI=1S/C23H30N2O3/c1-6-21(23(27)24-5)25(14-19-9-7-8-16(2)11-19)22(26)15-28-20-12-17(3)10-18(4)13-20/h7-13,21H,6,14-15H2,1-5H3,(H,24,27). The van der Waals surface area contributed by atoms with Crippen LogP contribution in [0, 0.1) is 20.8 Å². The van der Waals surface area contributed by atoms with Gasteiger partial charge in [-0.25, -0.2) is 0 Å². The Morgan fingerprint density at radius 2 is 1.71 bits per heavy atom. The second kappa shape index (κ2) is 9.93. The Bertz CT molecular complexity index is 812. The summed E-state index contributed by atoms with van der Waals surface area (Å²) < 4.78 is 5.76. The van der Waals surface area contributed by atoms with Crippen molar-refractivity contribution in [2.45, 2.75) is 46.7 Å². The third-order valence-corrected chi connectivity index (χ3v) is 4.63. The minimum atomic E-state index is -0.541. The highest BCUT2D eigenvalue weighted by Crippen LogP contribution is 2.18. The monoisotopic (exact) mass is 382 g/mol. The maximum Gasteiger partial charge on any atom is 0.261 e. The van der Waals surface area contributed by atoms with Crippen molar-refractivity contribution in [3.05, 3.63) is 64.7 Å². The van der Waals surface area contributed by atoms with Crippen molar-refractivity contribution in [2.24, 2.45) is 0 Å². The first kappa shape index (κ1) is 21.5. The summed E-state index contributed by atoms with van der Waals surface area (Å²) >= 11 is 0. The van der Waals surface area contributed by atoms with E-state index in [1.807, 2.05) is 64.1 Å². The lowest BCUT2D eigenvalue weighted by Crippen LogP contribution is -2.49. The predicted octanol–water partition coefficient (Wildman–Crippen LogP) is 3.54. The molecule has 2 amide bonds. The first-order chi connectivity index (χ1) is 13.3. The molecule has 1 N–H and O–H groups in total. The lowest BCUT2D eigenvalue weighted by molar-refractivity contribution is -0.142. The van der Waals surface area contributed by atoms with Gasteiger partial charge in [-0.1, -0.05) is 42.8 Å². The molecule has 2 aromatic carbocycles. The second-order valence-electron chi connectivity index (χ2n) is 7.16. The van der Waals surface area contributed by atoms with Crippen molar-refractivity contribution in [1.82, 2.24) is 10.2 Å². The normalized spacial score (nSPS) is 11.6. The highest BCUT2D eigenvalue weighted by molar-refractivity contribution is 5.88. The van der Waals surface area contributed by atoms with Crippen molar-refractivity contribution in [3.8, 4) is 5.75 Å². The van der Waals surface area contributed by atoms with Crippen molar-refractivity contribution in [3.63, 3.8) is 0 Å². The van der Waals surface area contributed by atoms with E-state index in [0.29, 0.717) is 18.7 Å². The van der Waals surface area contributed by atoms with Gasteiger partial charge < -0.3 is 15.0 Å². The van der Waals surface area contributed by atoms with E-state index < -0.39 is 6.04 Å². The number of hydrogen-bond acceptors (Lipinski definition) is 3. The number of likely N-dealkylation sites (N-methyl/N-ethyl adjacent to an activating group) is 1. The zero-order valence-corrected chi connectivity index (χ0v) is 17.4. The molecule has 150 valence electrons. The molecule has 0 saturated carbocycles. The van der Waals surface area contributed by atoms with Crippen molar-refractivity contribution >= 4 is 11.8 Å². The quantitative estimate of drug-likeness (QED) is 0.760. The van der Waals surface area contributed by atoms with Gasteiger partial charge in [0, 0.05) is 13.6 Å². The van der Waals surface area contributed by atoms with E-state index >= 15 is 0 Å². The molecule has 0 radical (unpaired) electrons. The highest BCUT2D eigenvalue weighted by Gasteiger charge is 2.28. The summed E-state index contributed by atoms with van der Waals surface area (Å²) in [5.74, 6) is 0.278. The number of carbonyl (C=O) groups is 2. The van der Waals surface area contributed by atoms with E-state index in [-0.39, 0.29) is 18.4 Å². The molecule has 0 saturated heterocycles. The Morgan fingerprint density at radius 1 is 1.04 bits per heavy atom. The van der Waals surface area contributed by atoms with Gasteiger partial charge >= 0.3 is 0 Å². The number of nitrogens with zero attached hydrogens (tertiary/aromatic N) is 1. The molecule has 5 nitrogen and oxygen atoms in total. The number of amides is 2. The van der Waals surface area contributed by atoms with Crippen LogP contribution in [-0.2, 0) is 16.1 Å². The zero-order valence-electron chi connectivity index (χ0n) is 17.4. The van der Waals surface area contributed by atoms with Crippen LogP contribution in [0.15, 0.2) is 42.5 Å². The maximum atomic E-state index is 13.0. The minimum Gasteiger partial charge on any atom is -0.484 e. The van der Waals surface area contributed by atoms with Gasteiger partial charge in [0.1, 0.15) is 11.8 Å². The predicted molar refractivity (Wildman–Crippen MR) is 111 cm³/mol. The van der Waals surface area contributed by atoms with Gasteiger partial charge in [0.05, 0.1) is 0 Å². The zero-order chi connectivity index (χ0) is 20.7. The van der Waals surface area contributed by atoms with Crippen LogP contribution >= 0.6 is 0 Å². The van der Waals surface area contributed by atoms with Crippen LogP contribution in [0.3, 0.4) is 0 Å². The third kappa shape index (κ3) is 5.84. The van der Waals surface area contributed by atoms with E-state index in [0.717, 1.165) is 22.3 Å². The molecule has 5 heteroatoms. The lowest BCUT2D eigenvalue weighted by atomic mass is 10.1. The highest BCUT2D eigenvalue weighted by atomic mass is 16.5. The Labute approximate surface area is 167 Å². The number of hydrogen-bond donors (Lipinski definition) is 1. The van der Waals surface area contributed by atoms with Crippen LogP contribution in [0.2, 0.25) is 0 Å². The molecule has 0 aliphatic carbocycles. The summed E-state index contributed by atoms with van der Waals surface area (Å²) in [6.07, 6.45) is 0.529. The Balaban J connectivity index is 2.20. The van der Waals surface area contributed by atoms with E-state index in [2.05, 4.69) is 11.4 Å². The third-order valence-electron chi connectivity index (χ3n) is 4.63. The molecule has 2 aromatic rings. The van der Waals surface area contributed by atoms with Gasteiger partial charge in [0.25, 0.3) is 5.91 Å². The molecular weight excluding hydrogens is 352 g/mol. The van der Waals surface area contributed by atoms with Gasteiger partial charge in [0.2, 0.25) is 5.91 Å². The summed E-state index contributed by atoms with van der Waals surface area (Å²) in [4.78, 5) is 27.0. The Morgan fingerprint density at radius 3 is 2.29 bits per heavy atom. The van der Waals surface area contributed by atoms with Crippen LogP contribution in [0.1, 0.15) is 35.6 Å². The number of rotatable bonds is 8. The van der Waals surface area contributed by atoms with Crippen molar-refractivity contribution in [2.75, 3.05) is 13.7 Å². The molecule has 0 spiro atoms. The number of aryl methyl sites for hydroxylation is 3. The Kier molecular flexibility index (Phi) is 7.61. The Hall–Kier alpha value is -2.82. The van der Waals surface area contributed by atoms with E-state index in [1.54, 1.807) is 11.9 Å². The number of nitrogens with one attached hydrogen (secondary N) is 1. The van der Waals surface area contributed by atoms with Crippen molar-refractivity contribution in [1.29, 1.82) is 0 Å². The van der Waals surface area contributed by atoms with Gasteiger partial charge in [0.15, 0.2) is 6.61 Å². The molecule has 28 heavy (non-hydrogen) atoms. The van der Waals surface area contributed by atoms with Crippen LogP contribution in [0.4, 0.5) is 0 Å². The first-order valence-corrected chi connectivity index (χ1v) is 9.61. The van der Waals surface area contributed by atoms with E-state index in [9.17, 15) is 9.59 Å². The smallest absolute Gasteiger partial charge is 0.261 e. The van der Waals surface area contributed by atoms with Gasteiger partial charge in [-0.15, -0.1) is 0 Å². The summed E-state index contributed by atoms with van der Waals surface area (Å²) in [5, 5.41) is 2.66. The molecule has 0 heterocycles. The number of carbonyl (C=O) groups excluding carboxylic acids is 2. The topological polar surface area (TPSA) is 58.6 Å². The van der Waals surface area contributed by atoms with Gasteiger partial charge in [-0.05, 0) is 56.0 Å². The summed E-state index contributed by atoms with van der Waals surface area (Å²) in [6, 6.07) is 13.3. The number of benzene rings is 2. The molecule has 0 fully saturated rings. The molecule has 0 aromatic heterocycles. The van der Waals surface area contributed by atoms with Crippen LogP contribution < -0.4 is 10.1 Å². The number of ether oxygens (including phenoxy) is 1. The second-order valence-corrected chi connectivity index (χ2v) is 7.16. The SMILES string of the molecule is CCC(C(=O)NC)N(Cc1cccc(C)c1)C(=O)COc1cc(C)cc(C)c1. The summed E-state index contributed by atoms with van der Waals surface area (Å²) in [7, 11) is 1.59. The van der Waals surface area contributed by atoms with Crippen molar-refractivity contribution < 1.29 is 14.3 Å².